The quantitative estimate of drug-likeness (QED) is 0.836. The summed E-state index contributed by atoms with van der Waals surface area (Å²) in [5.74, 6) is 1.76. The minimum absolute atomic E-state index is 0.0113. The highest BCUT2D eigenvalue weighted by Crippen LogP contribution is 2.47. The van der Waals surface area contributed by atoms with Gasteiger partial charge in [0, 0.05) is 24.7 Å². The molecule has 4 fully saturated rings. The molecule has 0 aliphatic carbocycles. The fraction of sp³-hybridized carbons (Fsp3) is 0.476. The third-order valence-corrected chi connectivity index (χ3v) is 6.57. The van der Waals surface area contributed by atoms with Crippen molar-refractivity contribution in [3.05, 3.63) is 53.9 Å². The Kier molecular flexibility index (Phi) is 4.08. The molecule has 0 radical (unpaired) electrons. The van der Waals surface area contributed by atoms with Gasteiger partial charge in [-0.1, -0.05) is 12.1 Å². The summed E-state index contributed by atoms with van der Waals surface area (Å²) in [4.78, 5) is 17.9. The van der Waals surface area contributed by atoms with E-state index in [0.717, 1.165) is 25.4 Å². The van der Waals surface area contributed by atoms with E-state index in [1.165, 1.54) is 18.4 Å². The lowest BCUT2D eigenvalue weighted by Gasteiger charge is -2.51. The van der Waals surface area contributed by atoms with Gasteiger partial charge in [0.05, 0.1) is 13.2 Å². The van der Waals surface area contributed by atoms with Crippen LogP contribution in [0.2, 0.25) is 0 Å². The standard InChI is InChI=1S/C21H24N4O2/c1-27-16-5-2-4-15(12-16)17-13-25(21(26)18-6-3-9-22-23-18)19-14-7-10-24(11-8-14)20(17)19/h2-6,9,12,14,17,19-20H,7-8,10-11,13H2,1H3. The Hall–Kier alpha value is -2.47. The fourth-order valence-corrected chi connectivity index (χ4v) is 5.38. The van der Waals surface area contributed by atoms with Crippen LogP contribution in [0, 0.1) is 5.92 Å². The number of fused-ring (bicyclic) bond motifs is 2. The van der Waals surface area contributed by atoms with Gasteiger partial charge >= 0.3 is 0 Å². The number of benzene rings is 1. The second kappa shape index (κ2) is 6.60. The number of ether oxygens (including phenoxy) is 1. The molecule has 1 amide bonds. The summed E-state index contributed by atoms with van der Waals surface area (Å²) >= 11 is 0. The minimum Gasteiger partial charge on any atom is -0.497 e. The lowest BCUT2D eigenvalue weighted by atomic mass is 9.75. The van der Waals surface area contributed by atoms with Gasteiger partial charge in [-0.25, -0.2) is 0 Å². The number of hydrogen-bond donors (Lipinski definition) is 0. The van der Waals surface area contributed by atoms with Crippen LogP contribution in [0.3, 0.4) is 0 Å². The van der Waals surface area contributed by atoms with Crippen molar-refractivity contribution in [2.24, 2.45) is 5.92 Å². The summed E-state index contributed by atoms with van der Waals surface area (Å²) in [5, 5.41) is 7.98. The molecule has 4 aliphatic rings. The Morgan fingerprint density at radius 2 is 2.00 bits per heavy atom. The van der Waals surface area contributed by atoms with Gasteiger partial charge in [-0.3, -0.25) is 9.69 Å². The zero-order valence-electron chi connectivity index (χ0n) is 15.5. The van der Waals surface area contributed by atoms with Crippen LogP contribution in [0.5, 0.6) is 5.75 Å². The number of carbonyl (C=O) groups is 1. The Morgan fingerprint density at radius 3 is 2.74 bits per heavy atom. The highest BCUT2D eigenvalue weighted by atomic mass is 16.5. The molecule has 2 aromatic rings. The van der Waals surface area contributed by atoms with E-state index >= 15 is 0 Å². The van der Waals surface area contributed by atoms with Gasteiger partial charge in [0.15, 0.2) is 5.69 Å². The highest BCUT2D eigenvalue weighted by Gasteiger charge is 2.54. The van der Waals surface area contributed by atoms with Crippen molar-refractivity contribution in [1.82, 2.24) is 20.0 Å². The van der Waals surface area contributed by atoms with Crippen molar-refractivity contribution in [2.45, 2.75) is 30.8 Å². The molecule has 6 nitrogen and oxygen atoms in total. The first-order valence-corrected chi connectivity index (χ1v) is 9.73. The Bertz CT molecular complexity index is 835. The molecule has 2 bridgehead atoms. The molecule has 4 aliphatic heterocycles. The average Bonchev–Trinajstić information content (AvgIpc) is 3.18. The van der Waals surface area contributed by atoms with Crippen LogP contribution >= 0.6 is 0 Å². The molecular weight excluding hydrogens is 340 g/mol. The van der Waals surface area contributed by atoms with Crippen LogP contribution in [-0.4, -0.2) is 64.7 Å². The first-order valence-electron chi connectivity index (χ1n) is 9.73. The SMILES string of the molecule is COc1cccc(C2CN(C(=O)c3cccnn3)C3C4CCN(CC4)C23)c1. The van der Waals surface area contributed by atoms with Gasteiger partial charge in [-0.2, -0.15) is 5.10 Å². The first kappa shape index (κ1) is 16.7. The average molecular weight is 364 g/mol. The number of hydrogen-bond acceptors (Lipinski definition) is 5. The molecule has 5 heterocycles. The molecule has 0 N–H and O–H groups in total. The zero-order valence-corrected chi connectivity index (χ0v) is 15.5. The van der Waals surface area contributed by atoms with E-state index < -0.39 is 0 Å². The van der Waals surface area contributed by atoms with Gasteiger partial charge in [0.2, 0.25) is 0 Å². The highest BCUT2D eigenvalue weighted by molar-refractivity contribution is 5.92. The molecular formula is C21H24N4O2. The molecule has 27 heavy (non-hydrogen) atoms. The van der Waals surface area contributed by atoms with Crippen LogP contribution in [0.1, 0.15) is 34.8 Å². The molecule has 6 rings (SSSR count). The van der Waals surface area contributed by atoms with Gasteiger partial charge in [0.25, 0.3) is 5.91 Å². The second-order valence-electron chi connectivity index (χ2n) is 7.80. The van der Waals surface area contributed by atoms with Crippen molar-refractivity contribution in [2.75, 3.05) is 26.7 Å². The summed E-state index contributed by atoms with van der Waals surface area (Å²) in [6.45, 7) is 3.00. The molecule has 0 saturated carbocycles. The van der Waals surface area contributed by atoms with E-state index in [2.05, 4.69) is 32.1 Å². The lowest BCUT2D eigenvalue weighted by Crippen LogP contribution is -2.60. The van der Waals surface area contributed by atoms with Crippen molar-refractivity contribution < 1.29 is 9.53 Å². The molecule has 6 heteroatoms. The van der Waals surface area contributed by atoms with E-state index in [1.807, 2.05) is 12.1 Å². The van der Waals surface area contributed by atoms with Crippen molar-refractivity contribution in [1.29, 1.82) is 0 Å². The number of aromatic nitrogens is 2. The Labute approximate surface area is 159 Å². The molecule has 3 unspecified atom stereocenters. The fourth-order valence-electron chi connectivity index (χ4n) is 5.38. The summed E-state index contributed by atoms with van der Waals surface area (Å²) in [6.07, 6.45) is 3.96. The number of carbonyl (C=O) groups excluding carboxylic acids is 1. The molecule has 0 spiro atoms. The maximum Gasteiger partial charge on any atom is 0.274 e. The predicted octanol–water partition coefficient (Wildman–Crippen LogP) is 2.19. The normalized spacial score (nSPS) is 31.6. The Balaban J connectivity index is 1.53. The molecule has 4 saturated heterocycles. The van der Waals surface area contributed by atoms with Crippen LogP contribution in [-0.2, 0) is 0 Å². The third kappa shape index (κ3) is 2.70. The van der Waals surface area contributed by atoms with Crippen molar-refractivity contribution in [3.63, 3.8) is 0 Å². The monoisotopic (exact) mass is 364 g/mol. The summed E-state index contributed by atoms with van der Waals surface area (Å²) < 4.78 is 5.44. The largest absolute Gasteiger partial charge is 0.497 e. The number of piperidine rings is 3. The van der Waals surface area contributed by atoms with Gasteiger partial charge in [-0.15, -0.1) is 5.10 Å². The maximum absolute atomic E-state index is 13.3. The molecule has 3 atom stereocenters. The molecule has 140 valence electrons. The van der Waals surface area contributed by atoms with E-state index in [4.69, 9.17) is 4.74 Å². The third-order valence-electron chi connectivity index (χ3n) is 6.57. The lowest BCUT2D eigenvalue weighted by molar-refractivity contribution is -0.00362. The van der Waals surface area contributed by atoms with E-state index in [-0.39, 0.29) is 11.9 Å². The van der Waals surface area contributed by atoms with Crippen LogP contribution in [0.15, 0.2) is 42.6 Å². The van der Waals surface area contributed by atoms with Gasteiger partial charge in [0.1, 0.15) is 5.75 Å². The van der Waals surface area contributed by atoms with Crippen molar-refractivity contribution >= 4 is 5.91 Å². The zero-order chi connectivity index (χ0) is 18.4. The van der Waals surface area contributed by atoms with Crippen molar-refractivity contribution in [3.8, 4) is 5.75 Å². The molecule has 1 aromatic heterocycles. The Morgan fingerprint density at radius 1 is 1.15 bits per heavy atom. The minimum atomic E-state index is 0.0113. The molecule has 1 aromatic carbocycles. The van der Waals surface area contributed by atoms with Gasteiger partial charge < -0.3 is 9.64 Å². The summed E-state index contributed by atoms with van der Waals surface area (Å²) in [7, 11) is 1.70. The number of rotatable bonds is 3. The smallest absolute Gasteiger partial charge is 0.274 e. The van der Waals surface area contributed by atoms with E-state index in [9.17, 15) is 4.79 Å². The number of likely N-dealkylation sites (tertiary alicyclic amines) is 1. The summed E-state index contributed by atoms with van der Waals surface area (Å²) in [5.41, 5.74) is 1.70. The van der Waals surface area contributed by atoms with Gasteiger partial charge in [-0.05, 0) is 61.7 Å². The maximum atomic E-state index is 13.3. The van der Waals surface area contributed by atoms with E-state index in [1.54, 1.807) is 25.4 Å². The predicted molar refractivity (Wildman–Crippen MR) is 101 cm³/mol. The topological polar surface area (TPSA) is 58.6 Å². The number of nitrogens with zero attached hydrogens (tertiary/aromatic N) is 4. The number of methoxy groups -OCH3 is 1. The van der Waals surface area contributed by atoms with Crippen LogP contribution in [0.25, 0.3) is 0 Å². The second-order valence-corrected chi connectivity index (χ2v) is 7.80. The first-order chi connectivity index (χ1) is 13.3. The summed E-state index contributed by atoms with van der Waals surface area (Å²) in [6, 6.07) is 12.5. The van der Waals surface area contributed by atoms with Crippen LogP contribution < -0.4 is 4.74 Å². The number of amides is 1. The van der Waals surface area contributed by atoms with Crippen LogP contribution in [0.4, 0.5) is 0 Å². The van der Waals surface area contributed by atoms with E-state index in [0.29, 0.717) is 23.6 Å².